The molecule has 0 amide bonds. The number of hydrogen-bond donors (Lipinski definition) is 2. The second kappa shape index (κ2) is 5.71. The van der Waals surface area contributed by atoms with Gasteiger partial charge in [-0.2, -0.15) is 0 Å². The molecule has 0 saturated heterocycles. The molecule has 0 spiro atoms. The summed E-state index contributed by atoms with van der Waals surface area (Å²) in [5.74, 6) is 0. The minimum Gasteiger partial charge on any atom is -0.393 e. The van der Waals surface area contributed by atoms with Gasteiger partial charge in [-0.3, -0.25) is 9.36 Å². The molecule has 6 heteroatoms. The lowest BCUT2D eigenvalue weighted by atomic mass is 9.93. The number of aliphatic hydroxyl groups excluding tert-OH is 1. The average molecular weight is 267 g/mol. The molecule has 106 valence electrons. The zero-order chi connectivity index (χ0) is 14.0. The SMILES string of the molecule is Cn1cc(CNC2CCCC(O)C2)c(=O)n(C)c1=O. The van der Waals surface area contributed by atoms with E-state index in [2.05, 4.69) is 5.32 Å². The quantitative estimate of drug-likeness (QED) is 0.772. The molecular weight excluding hydrogens is 246 g/mol. The molecule has 1 aromatic heterocycles. The van der Waals surface area contributed by atoms with Gasteiger partial charge < -0.3 is 15.0 Å². The topological polar surface area (TPSA) is 76.3 Å². The second-order valence-corrected chi connectivity index (χ2v) is 5.31. The van der Waals surface area contributed by atoms with E-state index in [1.807, 2.05) is 0 Å². The summed E-state index contributed by atoms with van der Waals surface area (Å²) >= 11 is 0. The Balaban J connectivity index is 2.08. The summed E-state index contributed by atoms with van der Waals surface area (Å²) in [5.41, 5.74) is -0.00143. The number of aryl methyl sites for hydroxylation is 1. The number of nitrogens with zero attached hydrogens (tertiary/aromatic N) is 2. The van der Waals surface area contributed by atoms with Crippen LogP contribution in [0.2, 0.25) is 0 Å². The van der Waals surface area contributed by atoms with E-state index in [1.165, 1.54) is 11.6 Å². The fourth-order valence-electron chi connectivity index (χ4n) is 2.61. The summed E-state index contributed by atoms with van der Waals surface area (Å²) in [6.45, 7) is 0.429. The van der Waals surface area contributed by atoms with Crippen molar-refractivity contribution in [3.63, 3.8) is 0 Å². The fraction of sp³-hybridized carbons (Fsp3) is 0.692. The maximum absolute atomic E-state index is 11.9. The number of rotatable bonds is 3. The molecule has 6 nitrogen and oxygen atoms in total. The third kappa shape index (κ3) is 3.13. The molecule has 0 bridgehead atoms. The molecule has 19 heavy (non-hydrogen) atoms. The third-order valence-corrected chi connectivity index (χ3v) is 3.75. The lowest BCUT2D eigenvalue weighted by Crippen LogP contribution is -2.41. The maximum Gasteiger partial charge on any atom is 0.330 e. The van der Waals surface area contributed by atoms with Crippen molar-refractivity contribution in [1.29, 1.82) is 0 Å². The molecule has 2 N–H and O–H groups in total. The molecule has 0 radical (unpaired) electrons. The Labute approximate surface area is 111 Å². The molecular formula is C13H21N3O3. The molecule has 0 aliphatic heterocycles. The first-order valence-electron chi connectivity index (χ1n) is 6.66. The summed E-state index contributed by atoms with van der Waals surface area (Å²) in [4.78, 5) is 23.5. The van der Waals surface area contributed by atoms with Gasteiger partial charge in [0.05, 0.1) is 6.10 Å². The maximum atomic E-state index is 11.9. The van der Waals surface area contributed by atoms with Gasteiger partial charge in [-0.1, -0.05) is 0 Å². The van der Waals surface area contributed by atoms with Gasteiger partial charge >= 0.3 is 5.69 Å². The van der Waals surface area contributed by atoms with E-state index in [9.17, 15) is 14.7 Å². The van der Waals surface area contributed by atoms with Gasteiger partial charge in [-0.15, -0.1) is 0 Å². The molecule has 1 fully saturated rings. The first-order valence-corrected chi connectivity index (χ1v) is 6.66. The van der Waals surface area contributed by atoms with Crippen LogP contribution in [-0.2, 0) is 20.6 Å². The monoisotopic (exact) mass is 267 g/mol. The largest absolute Gasteiger partial charge is 0.393 e. The Morgan fingerprint density at radius 1 is 1.37 bits per heavy atom. The Bertz CT molecular complexity index is 561. The van der Waals surface area contributed by atoms with Crippen molar-refractivity contribution in [3.8, 4) is 0 Å². The minimum absolute atomic E-state index is 0.241. The first kappa shape index (κ1) is 14.0. The van der Waals surface area contributed by atoms with Gasteiger partial charge in [0.1, 0.15) is 0 Å². The molecule has 2 unspecified atom stereocenters. The van der Waals surface area contributed by atoms with Crippen LogP contribution in [0.15, 0.2) is 15.8 Å². The number of hydrogen-bond acceptors (Lipinski definition) is 4. The van der Waals surface area contributed by atoms with E-state index < -0.39 is 0 Å². The lowest BCUT2D eigenvalue weighted by Gasteiger charge is -2.26. The molecule has 1 heterocycles. The molecule has 1 aliphatic rings. The molecule has 2 atom stereocenters. The van der Waals surface area contributed by atoms with Crippen molar-refractivity contribution in [2.24, 2.45) is 14.1 Å². The molecule has 1 aromatic rings. The van der Waals surface area contributed by atoms with E-state index >= 15 is 0 Å². The van der Waals surface area contributed by atoms with Gasteiger partial charge in [0.25, 0.3) is 5.56 Å². The minimum atomic E-state index is -0.318. The fourth-order valence-corrected chi connectivity index (χ4v) is 2.61. The summed E-state index contributed by atoms with van der Waals surface area (Å²) in [6.07, 6.45) is 4.95. The zero-order valence-corrected chi connectivity index (χ0v) is 11.4. The van der Waals surface area contributed by atoms with Crippen LogP contribution >= 0.6 is 0 Å². The van der Waals surface area contributed by atoms with E-state index in [4.69, 9.17) is 0 Å². The van der Waals surface area contributed by atoms with Crippen LogP contribution in [0, 0.1) is 0 Å². The average Bonchev–Trinajstić information content (AvgIpc) is 2.39. The standard InChI is InChI=1S/C13H21N3O3/c1-15-8-9(12(18)16(2)13(15)19)7-14-10-4-3-5-11(17)6-10/h8,10-11,14,17H,3-7H2,1-2H3. The smallest absolute Gasteiger partial charge is 0.330 e. The molecule has 0 aromatic carbocycles. The Kier molecular flexibility index (Phi) is 4.21. The normalized spacial score (nSPS) is 23.5. The van der Waals surface area contributed by atoms with E-state index in [1.54, 1.807) is 13.2 Å². The van der Waals surface area contributed by atoms with Crippen molar-refractivity contribution >= 4 is 0 Å². The summed E-state index contributed by atoms with van der Waals surface area (Å²) in [6, 6.07) is 0.241. The zero-order valence-electron chi connectivity index (χ0n) is 11.4. The van der Waals surface area contributed by atoms with Crippen LogP contribution in [0.5, 0.6) is 0 Å². The molecule has 2 rings (SSSR count). The van der Waals surface area contributed by atoms with Gasteiger partial charge in [0, 0.05) is 38.4 Å². The van der Waals surface area contributed by atoms with E-state index in [0.29, 0.717) is 12.1 Å². The number of nitrogens with one attached hydrogen (secondary N) is 1. The van der Waals surface area contributed by atoms with Gasteiger partial charge in [-0.05, 0) is 25.7 Å². The van der Waals surface area contributed by atoms with Crippen LogP contribution in [0.4, 0.5) is 0 Å². The summed E-state index contributed by atoms with van der Waals surface area (Å²) < 4.78 is 2.53. The third-order valence-electron chi connectivity index (χ3n) is 3.75. The van der Waals surface area contributed by atoms with E-state index in [-0.39, 0.29) is 23.4 Å². The van der Waals surface area contributed by atoms with Crippen molar-refractivity contribution in [3.05, 3.63) is 32.6 Å². The highest BCUT2D eigenvalue weighted by Gasteiger charge is 2.20. The number of aromatic nitrogens is 2. The first-order chi connectivity index (χ1) is 8.99. The number of aliphatic hydroxyl groups is 1. The predicted molar refractivity (Wildman–Crippen MR) is 72.0 cm³/mol. The highest BCUT2D eigenvalue weighted by atomic mass is 16.3. The van der Waals surface area contributed by atoms with E-state index in [0.717, 1.165) is 30.3 Å². The molecule has 1 aliphatic carbocycles. The molecule has 1 saturated carbocycles. The Hall–Kier alpha value is -1.40. The summed E-state index contributed by atoms with van der Waals surface area (Å²) in [5, 5.41) is 12.9. The van der Waals surface area contributed by atoms with Crippen LogP contribution in [0.1, 0.15) is 31.2 Å². The Morgan fingerprint density at radius 2 is 2.11 bits per heavy atom. The predicted octanol–water partition coefficient (Wildman–Crippen LogP) is -0.523. The van der Waals surface area contributed by atoms with Crippen LogP contribution in [-0.4, -0.2) is 26.4 Å². The second-order valence-electron chi connectivity index (χ2n) is 5.31. The van der Waals surface area contributed by atoms with Gasteiger partial charge in [-0.25, -0.2) is 4.79 Å². The van der Waals surface area contributed by atoms with Crippen LogP contribution < -0.4 is 16.6 Å². The Morgan fingerprint density at radius 3 is 2.79 bits per heavy atom. The van der Waals surface area contributed by atoms with Crippen LogP contribution in [0.3, 0.4) is 0 Å². The van der Waals surface area contributed by atoms with Crippen LogP contribution in [0.25, 0.3) is 0 Å². The highest BCUT2D eigenvalue weighted by Crippen LogP contribution is 2.18. The van der Waals surface area contributed by atoms with Crippen molar-refractivity contribution in [2.45, 2.75) is 44.4 Å². The lowest BCUT2D eigenvalue weighted by molar-refractivity contribution is 0.111. The van der Waals surface area contributed by atoms with Crippen molar-refractivity contribution in [1.82, 2.24) is 14.5 Å². The van der Waals surface area contributed by atoms with Gasteiger partial charge in [0.2, 0.25) is 0 Å². The van der Waals surface area contributed by atoms with Crippen molar-refractivity contribution < 1.29 is 5.11 Å². The van der Waals surface area contributed by atoms with Crippen molar-refractivity contribution in [2.75, 3.05) is 0 Å². The highest BCUT2D eigenvalue weighted by molar-refractivity contribution is 5.05. The summed E-state index contributed by atoms with van der Waals surface area (Å²) in [7, 11) is 3.12. The van der Waals surface area contributed by atoms with Gasteiger partial charge in [0.15, 0.2) is 0 Å².